The third kappa shape index (κ3) is 12.1. The highest BCUT2D eigenvalue weighted by atomic mass is 32.2. The van der Waals surface area contributed by atoms with E-state index in [0.717, 1.165) is 12.8 Å². The smallest absolute Gasteiger partial charge is 0.108 e. The predicted molar refractivity (Wildman–Crippen MR) is 53.1 cm³/mol. The van der Waals surface area contributed by atoms with Gasteiger partial charge in [0, 0.05) is 6.61 Å². The van der Waals surface area contributed by atoms with Crippen molar-refractivity contribution in [3.63, 3.8) is 0 Å². The van der Waals surface area contributed by atoms with Crippen molar-refractivity contribution in [3.8, 4) is 0 Å². The Labute approximate surface area is 83.1 Å². The third-order valence-corrected chi connectivity index (χ3v) is 2.18. The molecule has 1 unspecified atom stereocenters. The molecule has 0 bridgehead atoms. The van der Waals surface area contributed by atoms with Crippen LogP contribution in [-0.2, 0) is 15.8 Å². The van der Waals surface area contributed by atoms with Gasteiger partial charge in [0.2, 0.25) is 0 Å². The lowest BCUT2D eigenvalue weighted by molar-refractivity contribution is 0.169. The van der Waals surface area contributed by atoms with Crippen LogP contribution in [0, 0.1) is 0 Å². The summed E-state index contributed by atoms with van der Waals surface area (Å²) < 4.78 is 25.0. The molecule has 1 atom stereocenters. The van der Waals surface area contributed by atoms with E-state index in [0.29, 0.717) is 6.61 Å². The van der Waals surface area contributed by atoms with E-state index in [1.165, 1.54) is 25.7 Å². The molecule has 0 aromatic heterocycles. The van der Waals surface area contributed by atoms with Crippen LogP contribution in [0.25, 0.3) is 0 Å². The molecule has 80 valence electrons. The van der Waals surface area contributed by atoms with Gasteiger partial charge in [-0.1, -0.05) is 39.0 Å². The molecule has 0 heterocycles. The minimum atomic E-state index is -2.05. The molecule has 13 heavy (non-hydrogen) atoms. The normalized spacial score (nSPS) is 13.1. The molecule has 0 aromatic rings. The van der Waals surface area contributed by atoms with Gasteiger partial charge in [0.05, 0.1) is 0 Å². The fourth-order valence-electron chi connectivity index (χ4n) is 1.11. The van der Waals surface area contributed by atoms with Crippen LogP contribution in [0.5, 0.6) is 0 Å². The summed E-state index contributed by atoms with van der Waals surface area (Å²) in [5, 5.41) is 0. The van der Waals surface area contributed by atoms with Crippen LogP contribution in [0.4, 0.5) is 0 Å². The average molecular weight is 207 g/mol. The van der Waals surface area contributed by atoms with Crippen molar-refractivity contribution < 1.29 is 13.5 Å². The Morgan fingerprint density at radius 1 is 1.15 bits per heavy atom. The van der Waals surface area contributed by atoms with Crippen molar-refractivity contribution >= 4 is 11.1 Å². The summed E-state index contributed by atoms with van der Waals surface area (Å²) >= 11 is -2.05. The van der Waals surface area contributed by atoms with Crippen molar-refractivity contribution in [1.29, 1.82) is 0 Å². The van der Waals surface area contributed by atoms with E-state index in [1.807, 2.05) is 0 Å². The van der Waals surface area contributed by atoms with Gasteiger partial charge in [-0.05, 0) is 17.5 Å². The van der Waals surface area contributed by atoms with Crippen LogP contribution in [0.3, 0.4) is 0 Å². The van der Waals surface area contributed by atoms with Gasteiger partial charge >= 0.3 is 0 Å². The van der Waals surface area contributed by atoms with E-state index in [1.54, 1.807) is 0 Å². The van der Waals surface area contributed by atoms with Crippen LogP contribution >= 0.6 is 0 Å². The molecule has 3 nitrogen and oxygen atoms in total. The molecule has 0 N–H and O–H groups in total. The van der Waals surface area contributed by atoms with Crippen molar-refractivity contribution in [3.05, 3.63) is 0 Å². The van der Waals surface area contributed by atoms with Gasteiger partial charge in [-0.2, -0.15) is 0 Å². The fraction of sp³-hybridized carbons (Fsp3) is 1.00. The van der Waals surface area contributed by atoms with E-state index in [9.17, 15) is 8.76 Å². The number of hydrogen-bond acceptors (Lipinski definition) is 3. The van der Waals surface area contributed by atoms with Gasteiger partial charge in [-0.3, -0.25) is 4.21 Å². The zero-order chi connectivity index (χ0) is 9.94. The summed E-state index contributed by atoms with van der Waals surface area (Å²) in [4.78, 5) is 0. The Hall–Kier alpha value is 0.0700. The minimum Gasteiger partial charge on any atom is -0.771 e. The van der Waals surface area contributed by atoms with E-state index in [-0.39, 0.29) is 5.94 Å². The van der Waals surface area contributed by atoms with Gasteiger partial charge in [0.1, 0.15) is 5.94 Å². The zero-order valence-corrected chi connectivity index (χ0v) is 9.11. The van der Waals surface area contributed by atoms with Crippen LogP contribution in [-0.4, -0.2) is 21.3 Å². The van der Waals surface area contributed by atoms with Crippen LogP contribution in [0.1, 0.15) is 45.4 Å². The van der Waals surface area contributed by atoms with Crippen molar-refractivity contribution in [1.82, 2.24) is 0 Å². The fourth-order valence-corrected chi connectivity index (χ4v) is 1.37. The van der Waals surface area contributed by atoms with Gasteiger partial charge in [-0.15, -0.1) is 0 Å². The molecular formula is C9H19O3S-. The molecule has 0 spiro atoms. The molecule has 0 amide bonds. The van der Waals surface area contributed by atoms with Crippen molar-refractivity contribution in [2.75, 3.05) is 12.5 Å². The molecule has 4 heteroatoms. The number of ether oxygens (including phenoxy) is 1. The highest BCUT2D eigenvalue weighted by Crippen LogP contribution is 2.04. The first-order valence-electron chi connectivity index (χ1n) is 4.91. The topological polar surface area (TPSA) is 49.4 Å². The van der Waals surface area contributed by atoms with Crippen LogP contribution in [0.2, 0.25) is 0 Å². The Morgan fingerprint density at radius 2 is 1.77 bits per heavy atom. The second-order valence-electron chi connectivity index (χ2n) is 3.10. The molecule has 0 aliphatic carbocycles. The molecule has 0 radical (unpaired) electrons. The highest BCUT2D eigenvalue weighted by molar-refractivity contribution is 7.78. The number of hydrogen-bond donors (Lipinski definition) is 0. The minimum absolute atomic E-state index is 0.158. The second kappa shape index (κ2) is 10.2. The number of unbranched alkanes of at least 4 members (excludes halogenated alkanes) is 5. The highest BCUT2D eigenvalue weighted by Gasteiger charge is 1.90. The van der Waals surface area contributed by atoms with E-state index in [2.05, 4.69) is 6.92 Å². The van der Waals surface area contributed by atoms with Crippen LogP contribution in [0.15, 0.2) is 0 Å². The average Bonchev–Trinajstić information content (AvgIpc) is 2.09. The van der Waals surface area contributed by atoms with Gasteiger partial charge in [0.15, 0.2) is 0 Å². The molecule has 0 fully saturated rings. The lowest BCUT2D eigenvalue weighted by Gasteiger charge is -2.05. The maximum Gasteiger partial charge on any atom is 0.108 e. The first-order valence-corrected chi connectivity index (χ1v) is 6.15. The van der Waals surface area contributed by atoms with Crippen LogP contribution < -0.4 is 0 Å². The predicted octanol–water partition coefficient (Wildman–Crippen LogP) is 2.20. The number of rotatable bonds is 9. The van der Waals surface area contributed by atoms with Gasteiger partial charge < -0.3 is 9.29 Å². The maximum atomic E-state index is 10.0. The summed E-state index contributed by atoms with van der Waals surface area (Å²) in [5.74, 6) is -0.158. The standard InChI is InChI=1S/C9H20O3S/c1-2-3-4-5-6-7-8-12-9-13(10)11/h2-9H2,1H3,(H,10,11)/p-1. The maximum absolute atomic E-state index is 10.0. The lowest BCUT2D eigenvalue weighted by Crippen LogP contribution is -2.02. The van der Waals surface area contributed by atoms with Crippen molar-refractivity contribution in [2.45, 2.75) is 45.4 Å². The molecule has 0 aliphatic heterocycles. The molecule has 0 rings (SSSR count). The van der Waals surface area contributed by atoms with E-state index >= 15 is 0 Å². The summed E-state index contributed by atoms with van der Waals surface area (Å²) in [6.07, 6.45) is 7.19. The van der Waals surface area contributed by atoms with Crippen molar-refractivity contribution in [2.24, 2.45) is 0 Å². The van der Waals surface area contributed by atoms with E-state index < -0.39 is 11.1 Å². The SMILES string of the molecule is CCCCCCCCOCS(=O)[O-]. The van der Waals surface area contributed by atoms with Gasteiger partial charge in [-0.25, -0.2) is 0 Å². The zero-order valence-electron chi connectivity index (χ0n) is 8.29. The second-order valence-corrected chi connectivity index (χ2v) is 3.94. The first kappa shape index (κ1) is 13.1. The third-order valence-electron chi connectivity index (χ3n) is 1.82. The molecule has 0 saturated heterocycles. The lowest BCUT2D eigenvalue weighted by atomic mass is 10.1. The Balaban J connectivity index is 2.87. The van der Waals surface area contributed by atoms with Gasteiger partial charge in [0.25, 0.3) is 0 Å². The summed E-state index contributed by atoms with van der Waals surface area (Å²) in [6, 6.07) is 0. The Kier molecular flexibility index (Phi) is 10.2. The molecular weight excluding hydrogens is 188 g/mol. The van der Waals surface area contributed by atoms with E-state index in [4.69, 9.17) is 4.74 Å². The molecule has 0 aromatic carbocycles. The summed E-state index contributed by atoms with van der Waals surface area (Å²) in [7, 11) is 0. The quantitative estimate of drug-likeness (QED) is 0.430. The summed E-state index contributed by atoms with van der Waals surface area (Å²) in [6.45, 7) is 2.76. The largest absolute Gasteiger partial charge is 0.771 e. The Bertz CT molecular complexity index is 128. The summed E-state index contributed by atoms with van der Waals surface area (Å²) in [5.41, 5.74) is 0. The molecule has 0 saturated carbocycles. The first-order chi connectivity index (χ1) is 6.27. The Morgan fingerprint density at radius 3 is 2.38 bits per heavy atom. The molecule has 0 aliphatic rings. The monoisotopic (exact) mass is 207 g/mol.